The van der Waals surface area contributed by atoms with Gasteiger partial charge in [0.1, 0.15) is 0 Å². The number of fused-ring (bicyclic) bond motifs is 2. The van der Waals surface area contributed by atoms with Crippen LogP contribution in [0, 0.1) is 22.8 Å². The van der Waals surface area contributed by atoms with Crippen molar-refractivity contribution in [1.82, 2.24) is 0 Å². The minimum atomic E-state index is -0.195. The fourth-order valence-electron chi connectivity index (χ4n) is 5.52. The second-order valence-corrected chi connectivity index (χ2v) is 15.1. The van der Waals surface area contributed by atoms with E-state index in [0.717, 1.165) is 0 Å². The quantitative estimate of drug-likeness (QED) is 0.284. The SMILES string of the molecule is CC1=C(C)C(C)C(C2(C(C)(C)C)[C-]=C3C=c4cc(C(C)(C)C)ccc4=C3C=C2)=C1C.C[C](C)=[Zr].Cl.Cl. The zero-order chi connectivity index (χ0) is 25.8. The van der Waals surface area contributed by atoms with Gasteiger partial charge in [0.05, 0.1) is 0 Å². The summed E-state index contributed by atoms with van der Waals surface area (Å²) in [5.41, 5.74) is 9.96. The van der Waals surface area contributed by atoms with Crippen LogP contribution >= 0.6 is 24.8 Å². The average Bonchev–Trinajstić information content (AvgIpc) is 3.15. The van der Waals surface area contributed by atoms with E-state index in [2.05, 4.69) is 126 Å². The van der Waals surface area contributed by atoms with Gasteiger partial charge in [-0.05, 0) is 59.6 Å². The first-order valence-electron chi connectivity index (χ1n) is 12.6. The number of allylic oxidation sites excluding steroid dienone is 8. The molecule has 196 valence electrons. The Kier molecular flexibility index (Phi) is 10.7. The van der Waals surface area contributed by atoms with Crippen LogP contribution in [0.25, 0.3) is 11.6 Å². The molecule has 0 nitrogen and oxygen atoms in total. The molecule has 3 aliphatic carbocycles. The Morgan fingerprint density at radius 2 is 1.50 bits per heavy atom. The normalized spacial score (nSPS) is 22.5. The number of benzene rings is 1. The van der Waals surface area contributed by atoms with Gasteiger partial charge >= 0.3 is 41.3 Å². The van der Waals surface area contributed by atoms with Crippen molar-refractivity contribution in [2.45, 2.75) is 88.5 Å². The topological polar surface area (TPSA) is 0 Å². The summed E-state index contributed by atoms with van der Waals surface area (Å²) >= 11 is 1.55. The van der Waals surface area contributed by atoms with Gasteiger partial charge in [-0.15, -0.1) is 36.5 Å². The van der Waals surface area contributed by atoms with Crippen LogP contribution in [0.1, 0.15) is 88.6 Å². The Balaban J connectivity index is 0.00000101. The summed E-state index contributed by atoms with van der Waals surface area (Å²) in [6.45, 7) is 27.5. The summed E-state index contributed by atoms with van der Waals surface area (Å²) in [6.07, 6.45) is 11.3. The molecule has 4 rings (SSSR count). The number of halogens is 2. The van der Waals surface area contributed by atoms with E-state index in [1.807, 2.05) is 0 Å². The molecule has 0 bridgehead atoms. The van der Waals surface area contributed by atoms with Crippen LogP contribution in [0.2, 0.25) is 0 Å². The zero-order valence-electron chi connectivity index (χ0n) is 24.4. The zero-order valence-corrected chi connectivity index (χ0v) is 28.4. The second kappa shape index (κ2) is 11.6. The molecule has 0 heterocycles. The van der Waals surface area contributed by atoms with Crippen molar-refractivity contribution in [1.29, 1.82) is 0 Å². The van der Waals surface area contributed by atoms with Gasteiger partial charge in [-0.1, -0.05) is 94.3 Å². The molecule has 0 saturated carbocycles. The smallest absolute Gasteiger partial charge is 0.147 e. The van der Waals surface area contributed by atoms with Gasteiger partial charge < -0.3 is 0 Å². The molecule has 3 aliphatic rings. The first-order chi connectivity index (χ1) is 15.5. The molecule has 2 atom stereocenters. The van der Waals surface area contributed by atoms with Crippen molar-refractivity contribution in [3.8, 4) is 0 Å². The van der Waals surface area contributed by atoms with Crippen LogP contribution in [0.3, 0.4) is 0 Å². The van der Waals surface area contributed by atoms with Crippen molar-refractivity contribution in [3.63, 3.8) is 0 Å². The van der Waals surface area contributed by atoms with E-state index < -0.39 is 0 Å². The van der Waals surface area contributed by atoms with E-state index >= 15 is 0 Å². The van der Waals surface area contributed by atoms with Gasteiger partial charge in [0.15, 0.2) is 0 Å². The Labute approximate surface area is 248 Å². The Morgan fingerprint density at radius 3 is 1.94 bits per heavy atom. The molecule has 2 unspecified atom stereocenters. The van der Waals surface area contributed by atoms with Gasteiger partial charge in [0.25, 0.3) is 0 Å². The maximum absolute atomic E-state index is 4.07. The fourth-order valence-corrected chi connectivity index (χ4v) is 5.52. The van der Waals surface area contributed by atoms with E-state index in [-0.39, 0.29) is 41.1 Å². The maximum Gasteiger partial charge on any atom is -0.147 e. The van der Waals surface area contributed by atoms with Gasteiger partial charge in [0.2, 0.25) is 0 Å². The van der Waals surface area contributed by atoms with Gasteiger partial charge in [-0.3, -0.25) is 0 Å². The summed E-state index contributed by atoms with van der Waals surface area (Å²) in [6, 6.07) is 6.98. The van der Waals surface area contributed by atoms with Crippen molar-refractivity contribution >= 4 is 39.7 Å². The van der Waals surface area contributed by atoms with Crippen molar-refractivity contribution in [3.05, 3.63) is 80.3 Å². The molecule has 36 heavy (non-hydrogen) atoms. The fraction of sp³-hybridized carbons (Fsp3) is 0.485. The third-order valence-electron chi connectivity index (χ3n) is 7.88. The molecule has 1 aromatic rings. The molecule has 0 aliphatic heterocycles. The molecular formula is C33H45Cl2Zr-. The summed E-state index contributed by atoms with van der Waals surface area (Å²) in [4.78, 5) is 0. The number of rotatable bonds is 1. The Morgan fingerprint density at radius 1 is 0.944 bits per heavy atom. The Bertz CT molecular complexity index is 1280. The first kappa shape index (κ1) is 33.3. The minimum Gasteiger partial charge on any atom is -0.147 e. The van der Waals surface area contributed by atoms with Crippen LogP contribution in [-0.2, 0) is 29.7 Å². The van der Waals surface area contributed by atoms with Crippen LogP contribution in [-0.4, -0.2) is 3.21 Å². The van der Waals surface area contributed by atoms with Gasteiger partial charge in [-0.25, -0.2) is 0 Å². The van der Waals surface area contributed by atoms with Crippen molar-refractivity contribution in [2.75, 3.05) is 0 Å². The maximum atomic E-state index is 4.07. The molecule has 0 radical (unpaired) electrons. The molecule has 1 aromatic carbocycles. The van der Waals surface area contributed by atoms with Crippen molar-refractivity contribution < 1.29 is 24.2 Å². The standard InChI is InChI=1S/C30H37.C3H6.2ClH.Zr/c1-18-19(2)21(4)27(20(18)3)30(29(8,9)10)14-13-26-23(17-30)15-22-16-24(28(5,6)7)11-12-25(22)26;1-3-2;;;/h11-16,20H,1-10H3;1-2H3;2*1H;/q-1;;;;. The summed E-state index contributed by atoms with van der Waals surface area (Å²) in [5.74, 6) is 0.458. The van der Waals surface area contributed by atoms with E-state index in [9.17, 15) is 0 Å². The minimum absolute atomic E-state index is 0. The first-order valence-corrected chi connectivity index (χ1v) is 13.9. The summed E-state index contributed by atoms with van der Waals surface area (Å²) in [5, 5.41) is 2.69. The monoisotopic (exact) mass is 601 g/mol. The van der Waals surface area contributed by atoms with E-state index in [1.54, 1.807) is 24.2 Å². The number of hydrogen-bond acceptors (Lipinski definition) is 0. The molecule has 0 aromatic heterocycles. The van der Waals surface area contributed by atoms with E-state index in [0.29, 0.717) is 5.92 Å². The predicted octanol–water partition coefficient (Wildman–Crippen LogP) is 8.15. The van der Waals surface area contributed by atoms with Crippen LogP contribution in [0.5, 0.6) is 0 Å². The van der Waals surface area contributed by atoms with Crippen LogP contribution < -0.4 is 10.4 Å². The van der Waals surface area contributed by atoms with E-state index in [1.165, 1.54) is 52.6 Å². The van der Waals surface area contributed by atoms with E-state index in [4.69, 9.17) is 0 Å². The van der Waals surface area contributed by atoms with Crippen LogP contribution in [0.4, 0.5) is 0 Å². The molecule has 0 amide bonds. The molecule has 0 N–H and O–H groups in total. The second-order valence-electron chi connectivity index (χ2n) is 12.6. The largest absolute Gasteiger partial charge is 0.147 e. The van der Waals surface area contributed by atoms with Crippen LogP contribution in [0.15, 0.2) is 58.2 Å². The molecule has 0 spiro atoms. The predicted molar refractivity (Wildman–Crippen MR) is 161 cm³/mol. The number of hydrogen-bond donors (Lipinski definition) is 0. The molecule has 3 heteroatoms. The van der Waals surface area contributed by atoms with Gasteiger partial charge in [-0.2, -0.15) is 17.7 Å². The molecular weight excluding hydrogens is 558 g/mol. The Hall–Kier alpha value is -0.747. The molecule has 0 saturated heterocycles. The van der Waals surface area contributed by atoms with Gasteiger partial charge in [0, 0.05) is 0 Å². The molecule has 0 fully saturated rings. The summed E-state index contributed by atoms with van der Waals surface area (Å²) < 4.78 is 1.51. The third-order valence-corrected chi connectivity index (χ3v) is 7.88. The third kappa shape index (κ3) is 5.95. The summed E-state index contributed by atoms with van der Waals surface area (Å²) in [7, 11) is 0. The average molecular weight is 604 g/mol. The van der Waals surface area contributed by atoms with Crippen molar-refractivity contribution in [2.24, 2.45) is 16.7 Å².